The monoisotopic (exact) mass is 325 g/mol. The summed E-state index contributed by atoms with van der Waals surface area (Å²) in [6.45, 7) is 5.46. The van der Waals surface area contributed by atoms with Crippen LogP contribution >= 0.6 is 0 Å². The summed E-state index contributed by atoms with van der Waals surface area (Å²) in [7, 11) is 0. The minimum absolute atomic E-state index is 0.0200. The Kier molecular flexibility index (Phi) is 4.99. The molecule has 2 heterocycles. The highest BCUT2D eigenvalue weighted by Gasteiger charge is 2.25. The lowest BCUT2D eigenvalue weighted by Crippen LogP contribution is -2.46. The van der Waals surface area contributed by atoms with Crippen LogP contribution in [0.5, 0.6) is 5.75 Å². The van der Waals surface area contributed by atoms with Gasteiger partial charge in [-0.25, -0.2) is 4.79 Å². The number of aromatic nitrogens is 1. The number of hydrogen-bond acceptors (Lipinski definition) is 3. The van der Waals surface area contributed by atoms with Crippen LogP contribution in [0.2, 0.25) is 0 Å². The molecule has 24 heavy (non-hydrogen) atoms. The molecule has 1 aromatic carbocycles. The first kappa shape index (κ1) is 16.3. The number of likely N-dealkylation sites (tertiary alicyclic amines) is 1. The van der Waals surface area contributed by atoms with E-state index in [1.807, 2.05) is 42.2 Å². The zero-order valence-electron chi connectivity index (χ0n) is 14.2. The molecule has 1 fully saturated rings. The van der Waals surface area contributed by atoms with Crippen LogP contribution in [0.3, 0.4) is 0 Å². The van der Waals surface area contributed by atoms with Crippen LogP contribution in [0.15, 0.2) is 42.7 Å². The number of rotatable bonds is 3. The van der Waals surface area contributed by atoms with Crippen molar-refractivity contribution < 1.29 is 9.53 Å². The van der Waals surface area contributed by atoms with E-state index in [1.165, 1.54) is 11.1 Å². The van der Waals surface area contributed by atoms with Crippen molar-refractivity contribution in [1.29, 1.82) is 0 Å². The Morgan fingerprint density at radius 3 is 2.75 bits per heavy atom. The van der Waals surface area contributed by atoms with E-state index >= 15 is 0 Å². The molecule has 0 saturated carbocycles. The summed E-state index contributed by atoms with van der Waals surface area (Å²) >= 11 is 0. The molecule has 0 unspecified atom stereocenters. The summed E-state index contributed by atoms with van der Waals surface area (Å²) in [5.41, 5.74) is 3.22. The number of pyridine rings is 1. The molecular weight excluding hydrogens is 302 g/mol. The molecule has 5 nitrogen and oxygen atoms in total. The predicted octanol–water partition coefficient (Wildman–Crippen LogP) is 3.77. The first-order chi connectivity index (χ1) is 11.6. The van der Waals surface area contributed by atoms with Crippen molar-refractivity contribution >= 4 is 11.7 Å². The highest BCUT2D eigenvalue weighted by atomic mass is 16.5. The number of piperidine rings is 1. The summed E-state index contributed by atoms with van der Waals surface area (Å²) in [5, 5.41) is 2.99. The molecule has 126 valence electrons. The Morgan fingerprint density at radius 1 is 1.21 bits per heavy atom. The van der Waals surface area contributed by atoms with Gasteiger partial charge in [-0.1, -0.05) is 6.07 Å². The quantitative estimate of drug-likeness (QED) is 0.934. The zero-order valence-corrected chi connectivity index (χ0v) is 14.2. The van der Waals surface area contributed by atoms with Gasteiger partial charge in [0, 0.05) is 24.6 Å². The van der Waals surface area contributed by atoms with Crippen molar-refractivity contribution in [3.63, 3.8) is 0 Å². The molecule has 1 aliphatic rings. The number of carbonyl (C=O) groups excluding carboxylic acids is 1. The Bertz CT molecular complexity index is 703. The molecule has 0 radical (unpaired) electrons. The van der Waals surface area contributed by atoms with Gasteiger partial charge in [-0.3, -0.25) is 4.98 Å². The van der Waals surface area contributed by atoms with Gasteiger partial charge in [0.15, 0.2) is 0 Å². The third-order valence-corrected chi connectivity index (χ3v) is 4.38. The van der Waals surface area contributed by atoms with Crippen molar-refractivity contribution in [2.45, 2.75) is 32.8 Å². The van der Waals surface area contributed by atoms with Gasteiger partial charge in [-0.15, -0.1) is 0 Å². The lowest BCUT2D eigenvalue weighted by Gasteiger charge is -2.33. The number of hydrogen-bond donors (Lipinski definition) is 1. The van der Waals surface area contributed by atoms with E-state index < -0.39 is 0 Å². The Balaban J connectivity index is 1.59. The smallest absolute Gasteiger partial charge is 0.321 e. The number of carbonyl (C=O) groups is 1. The Labute approximate surface area is 142 Å². The minimum atomic E-state index is -0.0683. The van der Waals surface area contributed by atoms with E-state index in [0.717, 1.165) is 30.8 Å². The maximum Gasteiger partial charge on any atom is 0.321 e. The highest BCUT2D eigenvalue weighted by molar-refractivity contribution is 5.89. The normalized spacial score (nSPS) is 17.4. The van der Waals surface area contributed by atoms with Gasteiger partial charge >= 0.3 is 6.03 Å². The molecule has 2 aromatic rings. The third-order valence-electron chi connectivity index (χ3n) is 4.38. The van der Waals surface area contributed by atoms with Crippen LogP contribution < -0.4 is 10.1 Å². The van der Waals surface area contributed by atoms with Crippen LogP contribution in [0.4, 0.5) is 10.5 Å². The van der Waals surface area contributed by atoms with Gasteiger partial charge in [-0.05, 0) is 62.1 Å². The average Bonchev–Trinajstić information content (AvgIpc) is 2.59. The van der Waals surface area contributed by atoms with Crippen molar-refractivity contribution in [2.75, 3.05) is 18.4 Å². The molecule has 5 heteroatoms. The third kappa shape index (κ3) is 4.04. The first-order valence-corrected chi connectivity index (χ1v) is 8.31. The standard InChI is InChI=1S/C19H23N3O2/c1-14-5-6-16(12-15(14)2)21-19(23)22-11-3-4-18(13-22)24-17-7-9-20-10-8-17/h5-10,12,18H,3-4,11,13H2,1-2H3,(H,21,23)/t18-/m0/s1. The molecular formula is C19H23N3O2. The molecule has 1 aromatic heterocycles. The van der Waals surface area contributed by atoms with Crippen molar-refractivity contribution in [3.05, 3.63) is 53.9 Å². The largest absolute Gasteiger partial charge is 0.488 e. The van der Waals surface area contributed by atoms with Gasteiger partial charge in [0.05, 0.1) is 6.54 Å². The van der Waals surface area contributed by atoms with Crippen LogP contribution in [-0.4, -0.2) is 35.1 Å². The van der Waals surface area contributed by atoms with E-state index in [-0.39, 0.29) is 12.1 Å². The number of nitrogens with zero attached hydrogens (tertiary/aromatic N) is 2. The first-order valence-electron chi connectivity index (χ1n) is 8.31. The Morgan fingerprint density at radius 2 is 2.00 bits per heavy atom. The predicted molar refractivity (Wildman–Crippen MR) is 94.4 cm³/mol. The van der Waals surface area contributed by atoms with Crippen molar-refractivity contribution in [3.8, 4) is 5.75 Å². The fourth-order valence-electron chi connectivity index (χ4n) is 2.85. The molecule has 1 atom stereocenters. The van der Waals surface area contributed by atoms with E-state index in [2.05, 4.69) is 17.2 Å². The fourth-order valence-corrected chi connectivity index (χ4v) is 2.85. The van der Waals surface area contributed by atoms with Crippen LogP contribution in [0.25, 0.3) is 0 Å². The molecule has 0 bridgehead atoms. The minimum Gasteiger partial charge on any atom is -0.488 e. The van der Waals surface area contributed by atoms with Crippen LogP contribution in [0, 0.1) is 13.8 Å². The maximum absolute atomic E-state index is 12.5. The Hall–Kier alpha value is -2.56. The molecule has 1 aliphatic heterocycles. The van der Waals surface area contributed by atoms with Gasteiger partial charge in [0.25, 0.3) is 0 Å². The average molecular weight is 325 g/mol. The number of nitrogens with one attached hydrogen (secondary N) is 1. The van der Waals surface area contributed by atoms with Crippen LogP contribution in [0.1, 0.15) is 24.0 Å². The van der Waals surface area contributed by atoms with E-state index in [9.17, 15) is 4.79 Å². The fraction of sp³-hybridized carbons (Fsp3) is 0.368. The summed E-state index contributed by atoms with van der Waals surface area (Å²) in [6.07, 6.45) is 5.34. The van der Waals surface area contributed by atoms with Crippen molar-refractivity contribution in [1.82, 2.24) is 9.88 Å². The molecule has 0 spiro atoms. The second-order valence-electron chi connectivity index (χ2n) is 6.24. The number of benzene rings is 1. The summed E-state index contributed by atoms with van der Waals surface area (Å²) in [4.78, 5) is 18.3. The number of amides is 2. The zero-order chi connectivity index (χ0) is 16.9. The molecule has 2 amide bonds. The van der Waals surface area contributed by atoms with Gasteiger partial charge in [0.1, 0.15) is 11.9 Å². The summed E-state index contributed by atoms with van der Waals surface area (Å²) in [5.74, 6) is 0.798. The van der Waals surface area contributed by atoms with Crippen molar-refractivity contribution in [2.24, 2.45) is 0 Å². The molecule has 1 saturated heterocycles. The van der Waals surface area contributed by atoms with E-state index in [4.69, 9.17) is 4.74 Å². The topological polar surface area (TPSA) is 54.5 Å². The number of anilines is 1. The van der Waals surface area contributed by atoms with Crippen LogP contribution in [-0.2, 0) is 0 Å². The van der Waals surface area contributed by atoms with Gasteiger partial charge in [-0.2, -0.15) is 0 Å². The lowest BCUT2D eigenvalue weighted by atomic mass is 10.1. The SMILES string of the molecule is Cc1ccc(NC(=O)N2CCC[C@H](Oc3ccncc3)C2)cc1C. The highest BCUT2D eigenvalue weighted by Crippen LogP contribution is 2.19. The maximum atomic E-state index is 12.5. The van der Waals surface area contributed by atoms with E-state index in [1.54, 1.807) is 12.4 Å². The summed E-state index contributed by atoms with van der Waals surface area (Å²) < 4.78 is 5.96. The van der Waals surface area contributed by atoms with Gasteiger partial charge in [0.2, 0.25) is 0 Å². The second-order valence-corrected chi connectivity index (χ2v) is 6.24. The molecule has 3 rings (SSSR count). The van der Waals surface area contributed by atoms with Gasteiger partial charge < -0.3 is 15.0 Å². The van der Waals surface area contributed by atoms with E-state index in [0.29, 0.717) is 6.54 Å². The molecule has 0 aliphatic carbocycles. The number of ether oxygens (including phenoxy) is 1. The number of urea groups is 1. The summed E-state index contributed by atoms with van der Waals surface area (Å²) in [6, 6.07) is 9.58. The molecule has 1 N–H and O–H groups in total. The lowest BCUT2D eigenvalue weighted by molar-refractivity contribution is 0.106. The number of aryl methyl sites for hydroxylation is 2. The second kappa shape index (κ2) is 7.34.